The smallest absolute Gasteiger partial charge is 0.321 e. The van der Waals surface area contributed by atoms with Gasteiger partial charge >= 0.3 is 11.9 Å². The van der Waals surface area contributed by atoms with E-state index in [1.165, 1.54) is 0 Å². The van der Waals surface area contributed by atoms with Crippen molar-refractivity contribution >= 4 is 11.9 Å². The summed E-state index contributed by atoms with van der Waals surface area (Å²) in [6.07, 6.45) is 5.24. The molecule has 4 saturated carbocycles. The van der Waals surface area contributed by atoms with E-state index in [-0.39, 0.29) is 22.8 Å². The van der Waals surface area contributed by atoms with Crippen molar-refractivity contribution in [2.24, 2.45) is 33.5 Å². The number of hydrogen-bond acceptors (Lipinski definition) is 4. The van der Waals surface area contributed by atoms with Crippen molar-refractivity contribution in [3.05, 3.63) is 72.8 Å². The van der Waals surface area contributed by atoms with Crippen LogP contribution in [0.4, 0.5) is 0 Å². The quantitative estimate of drug-likeness (QED) is 0.233. The molecule has 0 heterocycles. The Hall–Kier alpha value is -3.14. The second kappa shape index (κ2) is 8.18. The van der Waals surface area contributed by atoms with E-state index < -0.39 is 10.8 Å². The zero-order valence-electron chi connectivity index (χ0n) is 23.1. The highest BCUT2D eigenvalue weighted by molar-refractivity contribution is 5.88. The van der Waals surface area contributed by atoms with Gasteiger partial charge in [0.25, 0.3) is 0 Å². The minimum absolute atomic E-state index is 0.0536. The fourth-order valence-electron chi connectivity index (χ4n) is 8.12. The summed E-state index contributed by atoms with van der Waals surface area (Å²) in [4.78, 5) is 27.3. The van der Waals surface area contributed by atoms with Crippen LogP contribution < -0.4 is 9.47 Å². The molecule has 4 heteroatoms. The van der Waals surface area contributed by atoms with Gasteiger partial charge in [-0.1, -0.05) is 82.3 Å². The summed E-state index contributed by atoms with van der Waals surface area (Å²) in [7, 11) is 0. The molecular formula is C34H38O4. The number of fused-ring (bicyclic) bond motifs is 4. The summed E-state index contributed by atoms with van der Waals surface area (Å²) in [5.41, 5.74) is 2.26. The van der Waals surface area contributed by atoms with Crippen LogP contribution in [0.2, 0.25) is 0 Å². The molecular weight excluding hydrogens is 472 g/mol. The van der Waals surface area contributed by atoms with E-state index in [1.54, 1.807) is 12.1 Å². The summed E-state index contributed by atoms with van der Waals surface area (Å²) in [5.74, 6) is 1.41. The summed E-state index contributed by atoms with van der Waals surface area (Å²) >= 11 is 0. The monoisotopic (exact) mass is 510 g/mol. The molecule has 4 bridgehead atoms. The third-order valence-electron chi connectivity index (χ3n) is 11.0. The summed E-state index contributed by atoms with van der Waals surface area (Å²) in [5, 5.41) is 0. The molecule has 0 radical (unpaired) electrons. The molecule has 2 aromatic rings. The fraction of sp³-hybridized carbons (Fsp3) is 0.471. The molecule has 4 nitrogen and oxygen atoms in total. The second-order valence-corrected chi connectivity index (χ2v) is 13.2. The first kappa shape index (κ1) is 25.2. The number of hydrogen-bond donors (Lipinski definition) is 0. The van der Waals surface area contributed by atoms with Gasteiger partial charge in [-0.3, -0.25) is 9.59 Å². The molecule has 0 N–H and O–H groups in total. The van der Waals surface area contributed by atoms with E-state index in [0.717, 1.165) is 60.8 Å². The first-order valence-electron chi connectivity index (χ1n) is 14.0. The van der Waals surface area contributed by atoms with Gasteiger partial charge in [0.2, 0.25) is 0 Å². The molecule has 4 aliphatic carbocycles. The molecule has 0 amide bonds. The lowest BCUT2D eigenvalue weighted by Gasteiger charge is -2.36. The number of carbonyl (C=O) groups is 2. The number of ether oxygens (including phenoxy) is 2. The van der Waals surface area contributed by atoms with E-state index in [9.17, 15) is 9.59 Å². The van der Waals surface area contributed by atoms with Gasteiger partial charge in [-0.05, 0) is 85.0 Å². The Morgan fingerprint density at radius 1 is 0.763 bits per heavy atom. The third kappa shape index (κ3) is 3.34. The zero-order chi connectivity index (χ0) is 27.1. The average Bonchev–Trinajstić information content (AvgIpc) is 3.63. The van der Waals surface area contributed by atoms with E-state index in [1.807, 2.05) is 36.4 Å². The van der Waals surface area contributed by atoms with Crippen LogP contribution in [-0.4, -0.2) is 11.9 Å². The SMILES string of the molecule is C=C1C2(C(=O)Oc3ccc(OC(=O)C45CCC(C4)C(C)(C)C5=C)c(-c4ccccc4)c3)CCC(C2)C1(C)C. The lowest BCUT2D eigenvalue weighted by atomic mass is 9.68. The van der Waals surface area contributed by atoms with Crippen LogP contribution in [0.5, 0.6) is 11.5 Å². The highest BCUT2D eigenvalue weighted by Gasteiger charge is 2.63. The summed E-state index contributed by atoms with van der Waals surface area (Å²) in [6.45, 7) is 17.5. The topological polar surface area (TPSA) is 52.6 Å². The Kier molecular flexibility index (Phi) is 5.41. The van der Waals surface area contributed by atoms with Crippen LogP contribution in [-0.2, 0) is 9.59 Å². The largest absolute Gasteiger partial charge is 0.426 e. The molecule has 4 aliphatic rings. The zero-order valence-corrected chi connectivity index (χ0v) is 23.1. The van der Waals surface area contributed by atoms with Crippen molar-refractivity contribution in [2.45, 2.75) is 66.2 Å². The number of esters is 2. The summed E-state index contributed by atoms with van der Waals surface area (Å²) in [6, 6.07) is 15.1. The lowest BCUT2D eigenvalue weighted by Crippen LogP contribution is -2.36. The Morgan fingerprint density at radius 3 is 1.79 bits per heavy atom. The predicted molar refractivity (Wildman–Crippen MR) is 149 cm³/mol. The van der Waals surface area contributed by atoms with Crippen LogP contribution >= 0.6 is 0 Å². The van der Waals surface area contributed by atoms with Gasteiger partial charge in [0.15, 0.2) is 0 Å². The van der Waals surface area contributed by atoms with Crippen molar-refractivity contribution in [1.29, 1.82) is 0 Å². The number of carbonyl (C=O) groups excluding carboxylic acids is 2. The standard InChI is InChI=1S/C34H38O4/c1-21-31(3,4)24-14-16-33(21,19-24)29(35)37-26-12-13-28(27(18-26)23-10-8-7-9-11-23)38-30(36)34-17-15-25(20-34)32(5,6)22(34)2/h7-13,18,24-25H,1-2,14-17,19-20H2,3-6H3. The van der Waals surface area contributed by atoms with Crippen LogP contribution in [0, 0.1) is 33.5 Å². The molecule has 0 aromatic heterocycles. The maximum absolute atomic E-state index is 13.7. The van der Waals surface area contributed by atoms with Gasteiger partial charge in [-0.15, -0.1) is 0 Å². The molecule has 38 heavy (non-hydrogen) atoms. The first-order chi connectivity index (χ1) is 17.9. The van der Waals surface area contributed by atoms with Crippen LogP contribution in [0.1, 0.15) is 66.2 Å². The van der Waals surface area contributed by atoms with Crippen LogP contribution in [0.15, 0.2) is 72.8 Å². The minimum atomic E-state index is -0.624. The van der Waals surface area contributed by atoms with Crippen molar-refractivity contribution in [1.82, 2.24) is 0 Å². The number of rotatable bonds is 5. The Bertz CT molecular complexity index is 1370. The van der Waals surface area contributed by atoms with Gasteiger partial charge in [0.05, 0.1) is 10.8 Å². The van der Waals surface area contributed by atoms with Gasteiger partial charge in [-0.25, -0.2) is 0 Å². The predicted octanol–water partition coefficient (Wildman–Crippen LogP) is 7.93. The fourth-order valence-corrected chi connectivity index (χ4v) is 8.12. The normalized spacial score (nSPS) is 32.0. The molecule has 4 fully saturated rings. The summed E-state index contributed by atoms with van der Waals surface area (Å²) < 4.78 is 12.2. The highest BCUT2D eigenvalue weighted by Crippen LogP contribution is 2.67. The Labute approximate surface area is 226 Å². The molecule has 198 valence electrons. The third-order valence-corrected chi connectivity index (χ3v) is 11.0. The maximum atomic E-state index is 13.7. The van der Waals surface area contributed by atoms with Gasteiger partial charge in [0, 0.05) is 5.56 Å². The lowest BCUT2D eigenvalue weighted by molar-refractivity contribution is -0.144. The second-order valence-electron chi connectivity index (χ2n) is 13.2. The van der Waals surface area contributed by atoms with Gasteiger partial charge in [0.1, 0.15) is 11.5 Å². The van der Waals surface area contributed by atoms with Crippen molar-refractivity contribution in [2.75, 3.05) is 0 Å². The van der Waals surface area contributed by atoms with E-state index in [2.05, 4.69) is 40.9 Å². The molecule has 6 rings (SSSR count). The average molecular weight is 511 g/mol. The van der Waals surface area contributed by atoms with Crippen LogP contribution in [0.25, 0.3) is 11.1 Å². The van der Waals surface area contributed by atoms with Crippen molar-refractivity contribution < 1.29 is 19.1 Å². The van der Waals surface area contributed by atoms with E-state index >= 15 is 0 Å². The molecule has 4 unspecified atom stereocenters. The molecule has 2 aromatic carbocycles. The Balaban J connectivity index is 1.30. The number of benzene rings is 2. The molecule has 0 spiro atoms. The Morgan fingerprint density at radius 2 is 1.29 bits per heavy atom. The van der Waals surface area contributed by atoms with Crippen molar-refractivity contribution in [3.63, 3.8) is 0 Å². The maximum Gasteiger partial charge on any atom is 0.321 e. The van der Waals surface area contributed by atoms with Crippen molar-refractivity contribution in [3.8, 4) is 22.6 Å². The molecule has 4 atom stereocenters. The first-order valence-corrected chi connectivity index (χ1v) is 14.0. The van der Waals surface area contributed by atoms with Gasteiger partial charge in [-0.2, -0.15) is 0 Å². The molecule has 0 aliphatic heterocycles. The van der Waals surface area contributed by atoms with E-state index in [0.29, 0.717) is 23.3 Å². The van der Waals surface area contributed by atoms with Gasteiger partial charge < -0.3 is 9.47 Å². The van der Waals surface area contributed by atoms with E-state index in [4.69, 9.17) is 9.47 Å². The highest BCUT2D eigenvalue weighted by atomic mass is 16.5. The minimum Gasteiger partial charge on any atom is -0.426 e. The molecule has 0 saturated heterocycles. The van der Waals surface area contributed by atoms with Crippen LogP contribution in [0.3, 0.4) is 0 Å².